The number of aryl methyl sites for hydroxylation is 1. The van der Waals surface area contributed by atoms with Crippen LogP contribution in [0.1, 0.15) is 56.9 Å². The van der Waals surface area contributed by atoms with Crippen LogP contribution >= 0.6 is 0 Å². The predicted molar refractivity (Wildman–Crippen MR) is 106 cm³/mol. The highest BCUT2D eigenvalue weighted by atomic mass is 16.5. The minimum absolute atomic E-state index is 0.237. The maximum absolute atomic E-state index is 11.6. The first-order valence-electron chi connectivity index (χ1n) is 10.4. The van der Waals surface area contributed by atoms with E-state index in [9.17, 15) is 9.90 Å². The molecule has 1 heterocycles. The van der Waals surface area contributed by atoms with Gasteiger partial charge in [0.05, 0.1) is 5.52 Å². The monoisotopic (exact) mass is 373 g/mol. The summed E-state index contributed by atoms with van der Waals surface area (Å²) in [5.41, 5.74) is 2.20. The fourth-order valence-electron chi connectivity index (χ4n) is 4.90. The maximum atomic E-state index is 11.6. The van der Waals surface area contributed by atoms with Crippen molar-refractivity contribution in [1.82, 2.24) is 14.9 Å². The van der Waals surface area contributed by atoms with Crippen molar-refractivity contribution in [2.24, 2.45) is 0 Å². The molecule has 1 aromatic carbocycles. The summed E-state index contributed by atoms with van der Waals surface area (Å²) in [5.74, 6) is 0.612. The van der Waals surface area contributed by atoms with Gasteiger partial charge in [-0.1, -0.05) is 31.7 Å². The topological polar surface area (TPSA) is 81.3 Å². The van der Waals surface area contributed by atoms with Crippen molar-refractivity contribution in [3.63, 3.8) is 0 Å². The minimum atomic E-state index is -0.534. The summed E-state index contributed by atoms with van der Waals surface area (Å²) in [6, 6.07) is 5.03. The van der Waals surface area contributed by atoms with Crippen molar-refractivity contribution in [2.45, 2.75) is 76.5 Å². The number of ether oxygens (including phenoxy) is 1. The van der Waals surface area contributed by atoms with E-state index in [1.54, 1.807) is 0 Å². The standard InChI is InChI=1S/C21H31N3O3/c1-14-10-11-18(20-19(14)22-21(26)23-20)27-13-17(25)12-24(15-6-2-3-7-15)16-8-4-5-9-16/h10-11,15-17,25H,2-9,12-13H2,1H3,(H2,22,23,26). The Morgan fingerprint density at radius 1 is 1.07 bits per heavy atom. The molecule has 3 N–H and O–H groups in total. The largest absolute Gasteiger partial charge is 0.489 e. The van der Waals surface area contributed by atoms with Crippen LogP contribution in [0.4, 0.5) is 0 Å². The number of hydrogen-bond acceptors (Lipinski definition) is 4. The highest BCUT2D eigenvalue weighted by Gasteiger charge is 2.31. The molecule has 2 fully saturated rings. The number of imidazole rings is 1. The van der Waals surface area contributed by atoms with Gasteiger partial charge in [-0.3, -0.25) is 4.90 Å². The molecule has 27 heavy (non-hydrogen) atoms. The first kappa shape index (κ1) is 18.6. The number of hydrogen-bond donors (Lipinski definition) is 3. The second-order valence-electron chi connectivity index (χ2n) is 8.25. The van der Waals surface area contributed by atoms with Crippen molar-refractivity contribution in [1.29, 1.82) is 0 Å². The van der Waals surface area contributed by atoms with Crippen molar-refractivity contribution >= 4 is 11.0 Å². The Morgan fingerprint density at radius 3 is 2.30 bits per heavy atom. The predicted octanol–water partition coefficient (Wildman–Crippen LogP) is 3.09. The van der Waals surface area contributed by atoms with Crippen LogP contribution in [0.15, 0.2) is 16.9 Å². The summed E-state index contributed by atoms with van der Waals surface area (Å²) in [4.78, 5) is 19.8. The highest BCUT2D eigenvalue weighted by molar-refractivity contribution is 5.84. The summed E-state index contributed by atoms with van der Waals surface area (Å²) >= 11 is 0. The van der Waals surface area contributed by atoms with E-state index in [-0.39, 0.29) is 12.3 Å². The Hall–Kier alpha value is -1.79. The van der Waals surface area contributed by atoms with Crippen LogP contribution in [-0.4, -0.2) is 51.3 Å². The third-order valence-electron chi connectivity index (χ3n) is 6.29. The second-order valence-corrected chi connectivity index (χ2v) is 8.25. The summed E-state index contributed by atoms with van der Waals surface area (Å²) in [5, 5.41) is 10.7. The normalized spacial score (nSPS) is 20.1. The SMILES string of the molecule is Cc1ccc(OCC(O)CN(C2CCCC2)C2CCCC2)c2[nH]c(=O)[nH]c12. The fraction of sp³-hybridized carbons (Fsp3) is 0.667. The van der Waals surface area contributed by atoms with E-state index in [2.05, 4.69) is 14.9 Å². The minimum Gasteiger partial charge on any atom is -0.489 e. The van der Waals surface area contributed by atoms with Gasteiger partial charge in [0.15, 0.2) is 0 Å². The number of nitrogens with one attached hydrogen (secondary N) is 2. The summed E-state index contributed by atoms with van der Waals surface area (Å²) < 4.78 is 5.91. The Kier molecular flexibility index (Phi) is 5.55. The smallest absolute Gasteiger partial charge is 0.323 e. The average Bonchev–Trinajstić information content (AvgIpc) is 3.40. The molecule has 2 aliphatic carbocycles. The van der Waals surface area contributed by atoms with Crippen molar-refractivity contribution in [3.05, 3.63) is 28.2 Å². The number of aliphatic hydroxyl groups excluding tert-OH is 1. The lowest BCUT2D eigenvalue weighted by Crippen LogP contribution is -2.46. The van der Waals surface area contributed by atoms with E-state index in [0.717, 1.165) is 11.1 Å². The van der Waals surface area contributed by atoms with Crippen LogP contribution < -0.4 is 10.4 Å². The van der Waals surface area contributed by atoms with Crippen LogP contribution in [0.5, 0.6) is 5.75 Å². The molecule has 0 amide bonds. The van der Waals surface area contributed by atoms with Crippen LogP contribution in [0.3, 0.4) is 0 Å². The quantitative estimate of drug-likeness (QED) is 0.697. The van der Waals surface area contributed by atoms with Gasteiger partial charge in [-0.15, -0.1) is 0 Å². The average molecular weight is 373 g/mol. The Morgan fingerprint density at radius 2 is 1.67 bits per heavy atom. The molecule has 6 nitrogen and oxygen atoms in total. The first-order valence-corrected chi connectivity index (χ1v) is 10.4. The number of fused-ring (bicyclic) bond motifs is 1. The van der Waals surface area contributed by atoms with E-state index in [1.165, 1.54) is 51.4 Å². The zero-order valence-corrected chi connectivity index (χ0v) is 16.2. The van der Waals surface area contributed by atoms with E-state index in [4.69, 9.17) is 4.74 Å². The number of rotatable bonds is 7. The maximum Gasteiger partial charge on any atom is 0.323 e. The molecule has 148 valence electrons. The Balaban J connectivity index is 1.41. The molecule has 6 heteroatoms. The number of benzene rings is 1. The van der Waals surface area contributed by atoms with Crippen LogP contribution in [0, 0.1) is 6.92 Å². The molecular formula is C21H31N3O3. The van der Waals surface area contributed by atoms with Gasteiger partial charge >= 0.3 is 5.69 Å². The number of aromatic amines is 2. The number of aromatic nitrogens is 2. The third-order valence-corrected chi connectivity index (χ3v) is 6.29. The molecule has 1 aromatic heterocycles. The van der Waals surface area contributed by atoms with E-state index in [0.29, 0.717) is 29.9 Å². The molecule has 0 radical (unpaired) electrons. The number of nitrogens with zero attached hydrogens (tertiary/aromatic N) is 1. The van der Waals surface area contributed by atoms with Crippen LogP contribution in [-0.2, 0) is 0 Å². The zero-order chi connectivity index (χ0) is 18.8. The first-order chi connectivity index (χ1) is 13.1. The Labute approximate surface area is 159 Å². The molecule has 1 unspecified atom stereocenters. The third kappa shape index (κ3) is 4.06. The molecule has 0 saturated heterocycles. The molecule has 0 bridgehead atoms. The molecule has 2 aromatic rings. The zero-order valence-electron chi connectivity index (χ0n) is 16.2. The summed E-state index contributed by atoms with van der Waals surface area (Å²) in [6.07, 6.45) is 9.73. The van der Waals surface area contributed by atoms with E-state index < -0.39 is 6.10 Å². The van der Waals surface area contributed by atoms with Crippen molar-refractivity contribution < 1.29 is 9.84 Å². The summed E-state index contributed by atoms with van der Waals surface area (Å²) in [7, 11) is 0. The van der Waals surface area contributed by atoms with Gasteiger partial charge in [-0.25, -0.2) is 4.79 Å². The molecule has 0 aliphatic heterocycles. The van der Waals surface area contributed by atoms with Gasteiger partial charge in [0.25, 0.3) is 0 Å². The Bertz CT molecular complexity index is 800. The second kappa shape index (κ2) is 8.07. The van der Waals surface area contributed by atoms with Gasteiger partial charge in [0, 0.05) is 18.6 Å². The molecule has 2 saturated carbocycles. The highest BCUT2D eigenvalue weighted by Crippen LogP contribution is 2.32. The molecular weight excluding hydrogens is 342 g/mol. The van der Waals surface area contributed by atoms with Gasteiger partial charge in [-0.2, -0.15) is 0 Å². The van der Waals surface area contributed by atoms with Crippen LogP contribution in [0.2, 0.25) is 0 Å². The molecule has 2 aliphatic rings. The van der Waals surface area contributed by atoms with Crippen molar-refractivity contribution in [3.8, 4) is 5.75 Å². The lowest BCUT2D eigenvalue weighted by atomic mass is 10.1. The number of H-pyrrole nitrogens is 2. The lowest BCUT2D eigenvalue weighted by molar-refractivity contribution is 0.0331. The lowest BCUT2D eigenvalue weighted by Gasteiger charge is -2.36. The van der Waals surface area contributed by atoms with Gasteiger partial charge in [-0.05, 0) is 44.2 Å². The molecule has 0 spiro atoms. The van der Waals surface area contributed by atoms with Crippen LogP contribution in [0.25, 0.3) is 11.0 Å². The van der Waals surface area contributed by atoms with E-state index in [1.807, 2.05) is 19.1 Å². The number of aliphatic hydroxyl groups is 1. The fourth-order valence-corrected chi connectivity index (χ4v) is 4.90. The van der Waals surface area contributed by atoms with Crippen molar-refractivity contribution in [2.75, 3.05) is 13.2 Å². The van der Waals surface area contributed by atoms with Gasteiger partial charge in [0.2, 0.25) is 0 Å². The van der Waals surface area contributed by atoms with Gasteiger partial charge in [0.1, 0.15) is 24.0 Å². The van der Waals surface area contributed by atoms with Gasteiger partial charge < -0.3 is 19.8 Å². The van der Waals surface area contributed by atoms with E-state index >= 15 is 0 Å². The molecule has 4 rings (SSSR count). The summed E-state index contributed by atoms with van der Waals surface area (Å²) in [6.45, 7) is 2.86. The molecule has 1 atom stereocenters.